The van der Waals surface area contributed by atoms with Crippen LogP contribution in [0.5, 0.6) is 5.75 Å². The number of rotatable bonds is 8. The fraction of sp³-hybridized carbons (Fsp3) is 0.500. The van der Waals surface area contributed by atoms with Crippen LogP contribution >= 0.6 is 0 Å². The number of piperazine rings is 1. The molecule has 3 heterocycles. The van der Waals surface area contributed by atoms with E-state index in [4.69, 9.17) is 9.72 Å². The second kappa shape index (κ2) is 9.02. The predicted molar refractivity (Wildman–Crippen MR) is 121 cm³/mol. The highest BCUT2D eigenvalue weighted by Gasteiger charge is 2.42. The van der Waals surface area contributed by atoms with Crippen molar-refractivity contribution in [2.45, 2.75) is 37.8 Å². The smallest absolute Gasteiger partial charge is 0.133 e. The van der Waals surface area contributed by atoms with Crippen molar-refractivity contribution in [3.63, 3.8) is 0 Å². The molecule has 6 nitrogen and oxygen atoms in total. The third-order valence-electron chi connectivity index (χ3n) is 6.71. The van der Waals surface area contributed by atoms with Gasteiger partial charge in [0.15, 0.2) is 0 Å². The van der Waals surface area contributed by atoms with E-state index in [2.05, 4.69) is 22.9 Å². The molecule has 1 aromatic heterocycles. The normalized spacial score (nSPS) is 21.1. The van der Waals surface area contributed by atoms with Gasteiger partial charge in [0.05, 0.1) is 7.11 Å². The number of carbonyl (C=O) groups excluding carboxylic acids is 1. The highest BCUT2D eigenvalue weighted by Crippen LogP contribution is 2.35. The van der Waals surface area contributed by atoms with Gasteiger partial charge in [0.25, 0.3) is 0 Å². The molecule has 0 aliphatic carbocycles. The summed E-state index contributed by atoms with van der Waals surface area (Å²) < 4.78 is 34.3. The zero-order valence-corrected chi connectivity index (χ0v) is 19.0. The first kappa shape index (κ1) is 22.5. The Labute approximate surface area is 187 Å². The maximum atomic E-state index is 14.7. The Balaban J connectivity index is 1.58. The molecule has 0 radical (unpaired) electrons. The molecule has 8 heteroatoms. The molecule has 4 rings (SSSR count). The van der Waals surface area contributed by atoms with Gasteiger partial charge < -0.3 is 19.3 Å². The zero-order valence-electron chi connectivity index (χ0n) is 19.0. The second-order valence-electron chi connectivity index (χ2n) is 8.98. The highest BCUT2D eigenvalue weighted by atomic mass is 19.1. The average Bonchev–Trinajstić information content (AvgIpc) is 3.32. The van der Waals surface area contributed by atoms with Crippen LogP contribution in [0.15, 0.2) is 24.3 Å². The van der Waals surface area contributed by atoms with Gasteiger partial charge in [-0.15, -0.1) is 0 Å². The van der Waals surface area contributed by atoms with Crippen LogP contribution < -0.4 is 14.5 Å². The Morgan fingerprint density at radius 3 is 2.50 bits per heavy atom. The molecule has 0 N–H and O–H groups in total. The van der Waals surface area contributed by atoms with Crippen molar-refractivity contribution in [2.75, 3.05) is 50.6 Å². The largest absolute Gasteiger partial charge is 0.497 e. The summed E-state index contributed by atoms with van der Waals surface area (Å²) in [5.41, 5.74) is 0.972. The van der Waals surface area contributed by atoms with Crippen LogP contribution in [-0.4, -0.2) is 69.1 Å². The molecular weight excluding hydrogens is 414 g/mol. The summed E-state index contributed by atoms with van der Waals surface area (Å²) in [6.07, 6.45) is 1.86. The fourth-order valence-corrected chi connectivity index (χ4v) is 5.01. The Morgan fingerprint density at radius 2 is 1.94 bits per heavy atom. The van der Waals surface area contributed by atoms with E-state index in [9.17, 15) is 13.6 Å². The molecule has 1 aromatic carbocycles. The maximum absolute atomic E-state index is 14.7. The van der Waals surface area contributed by atoms with Crippen molar-refractivity contribution in [3.8, 4) is 5.75 Å². The number of methoxy groups -OCH3 is 1. The van der Waals surface area contributed by atoms with Gasteiger partial charge >= 0.3 is 0 Å². The SMILES string of the molecule is COc1cc(F)c(C(CC=O)CN(C)c2cc(C)cc(N3C[C@@H]4C[C@H]3CN4C)n2)c(F)c1. The molecular formula is C24H30F2N4O2. The van der Waals surface area contributed by atoms with Gasteiger partial charge in [-0.2, -0.15) is 0 Å². The Kier molecular flexibility index (Phi) is 6.33. The van der Waals surface area contributed by atoms with E-state index in [0.717, 1.165) is 48.8 Å². The molecule has 2 aliphatic rings. The summed E-state index contributed by atoms with van der Waals surface area (Å²) in [5.74, 6) is -0.305. The van der Waals surface area contributed by atoms with E-state index < -0.39 is 17.6 Å². The first-order valence-electron chi connectivity index (χ1n) is 10.9. The first-order valence-corrected chi connectivity index (χ1v) is 10.9. The molecule has 3 atom stereocenters. The quantitative estimate of drug-likeness (QED) is 0.582. The molecule has 1 unspecified atom stereocenters. The van der Waals surface area contributed by atoms with Gasteiger partial charge in [-0.1, -0.05) is 0 Å². The number of aromatic nitrogens is 1. The molecule has 2 saturated heterocycles. The van der Waals surface area contributed by atoms with Gasteiger partial charge in [0, 0.05) is 68.8 Å². The minimum Gasteiger partial charge on any atom is -0.497 e. The van der Waals surface area contributed by atoms with Crippen LogP contribution in [0, 0.1) is 18.6 Å². The third kappa shape index (κ3) is 4.28. The number of pyridine rings is 1. The minimum absolute atomic E-state index is 0.00535. The summed E-state index contributed by atoms with van der Waals surface area (Å²) in [7, 11) is 5.36. The monoisotopic (exact) mass is 444 g/mol. The van der Waals surface area contributed by atoms with Crippen molar-refractivity contribution in [1.29, 1.82) is 0 Å². The minimum atomic E-state index is -0.711. The maximum Gasteiger partial charge on any atom is 0.133 e. The van der Waals surface area contributed by atoms with Gasteiger partial charge in [-0.25, -0.2) is 13.8 Å². The number of aryl methyl sites for hydroxylation is 1. The van der Waals surface area contributed by atoms with Crippen molar-refractivity contribution in [2.24, 2.45) is 0 Å². The first-order chi connectivity index (χ1) is 15.3. The van der Waals surface area contributed by atoms with Gasteiger partial charge in [0.1, 0.15) is 35.3 Å². The lowest BCUT2D eigenvalue weighted by molar-refractivity contribution is -0.108. The Hall–Kier alpha value is -2.74. The molecule has 2 bridgehead atoms. The number of aldehydes is 1. The second-order valence-corrected chi connectivity index (χ2v) is 8.98. The number of ether oxygens (including phenoxy) is 1. The number of hydrogen-bond acceptors (Lipinski definition) is 6. The lowest BCUT2D eigenvalue weighted by atomic mass is 9.94. The van der Waals surface area contributed by atoms with E-state index >= 15 is 0 Å². The van der Waals surface area contributed by atoms with Gasteiger partial charge in [0.2, 0.25) is 0 Å². The highest BCUT2D eigenvalue weighted by molar-refractivity contribution is 5.55. The summed E-state index contributed by atoms with van der Waals surface area (Å²) in [6.45, 7) is 4.26. The molecule has 172 valence electrons. The zero-order chi connectivity index (χ0) is 23.0. The number of hydrogen-bond donors (Lipinski definition) is 0. The molecule has 2 fully saturated rings. The Bertz CT molecular complexity index is 977. The van der Waals surface area contributed by atoms with Crippen LogP contribution in [0.3, 0.4) is 0 Å². The van der Waals surface area contributed by atoms with Crippen molar-refractivity contribution >= 4 is 17.9 Å². The summed E-state index contributed by atoms with van der Waals surface area (Å²) in [4.78, 5) is 22.8. The lowest BCUT2D eigenvalue weighted by Gasteiger charge is -2.33. The van der Waals surface area contributed by atoms with Crippen molar-refractivity contribution in [1.82, 2.24) is 9.88 Å². The van der Waals surface area contributed by atoms with Crippen LogP contribution in [0.4, 0.5) is 20.4 Å². The molecule has 0 amide bonds. The Morgan fingerprint density at radius 1 is 1.22 bits per heavy atom. The summed E-state index contributed by atoms with van der Waals surface area (Å²) in [6, 6.07) is 7.37. The predicted octanol–water partition coefficient (Wildman–Crippen LogP) is 3.38. The van der Waals surface area contributed by atoms with Crippen LogP contribution in [0.1, 0.15) is 29.9 Å². The number of likely N-dealkylation sites (tertiary alicyclic amines) is 1. The number of benzene rings is 1. The summed E-state index contributed by atoms with van der Waals surface area (Å²) >= 11 is 0. The lowest BCUT2D eigenvalue weighted by Crippen LogP contribution is -2.45. The fourth-order valence-electron chi connectivity index (χ4n) is 5.01. The van der Waals surface area contributed by atoms with Gasteiger partial charge in [-0.05, 0) is 38.1 Å². The van der Waals surface area contributed by atoms with Crippen LogP contribution in [0.25, 0.3) is 0 Å². The number of anilines is 2. The van der Waals surface area contributed by atoms with E-state index in [-0.39, 0.29) is 24.3 Å². The molecule has 2 aliphatic heterocycles. The molecule has 32 heavy (non-hydrogen) atoms. The van der Waals surface area contributed by atoms with Gasteiger partial charge in [-0.3, -0.25) is 4.90 Å². The third-order valence-corrected chi connectivity index (χ3v) is 6.71. The number of carbonyl (C=O) groups is 1. The summed E-state index contributed by atoms with van der Waals surface area (Å²) in [5, 5.41) is 0. The average molecular weight is 445 g/mol. The molecule has 0 spiro atoms. The van der Waals surface area contributed by atoms with E-state index in [0.29, 0.717) is 18.4 Å². The molecule has 0 saturated carbocycles. The number of nitrogens with zero attached hydrogens (tertiary/aromatic N) is 4. The van der Waals surface area contributed by atoms with E-state index in [1.165, 1.54) is 7.11 Å². The standard InChI is InChI=1S/C24H30F2N4O2/c1-15-7-22(27-23(8-15)30-14-17-9-18(30)13-28(17)2)29(3)12-16(5-6-31)24-20(25)10-19(32-4)11-21(24)26/h6-8,10-11,16-18H,5,9,12-14H2,1-4H3/t16?,17-,18-/m0/s1. The van der Waals surface area contributed by atoms with Crippen LogP contribution in [0.2, 0.25) is 0 Å². The number of likely N-dealkylation sites (N-methyl/N-ethyl adjacent to an activating group) is 2. The number of halogens is 2. The van der Waals surface area contributed by atoms with Crippen molar-refractivity contribution < 1.29 is 18.3 Å². The number of fused-ring (bicyclic) bond motifs is 2. The van der Waals surface area contributed by atoms with E-state index in [1.807, 2.05) is 24.9 Å². The topological polar surface area (TPSA) is 48.9 Å². The van der Waals surface area contributed by atoms with E-state index in [1.54, 1.807) is 0 Å². The van der Waals surface area contributed by atoms with Crippen molar-refractivity contribution in [3.05, 3.63) is 47.0 Å². The molecule has 2 aromatic rings. The van der Waals surface area contributed by atoms with Crippen LogP contribution in [-0.2, 0) is 4.79 Å².